The number of likely N-dealkylation sites (tertiary alicyclic amines) is 1. The number of para-hydroxylation sites is 1. The summed E-state index contributed by atoms with van der Waals surface area (Å²) in [4.78, 5) is 32.9. The lowest BCUT2D eigenvalue weighted by molar-refractivity contribution is -0.121. The topological polar surface area (TPSA) is 100 Å². The number of nitrogens with zero attached hydrogens (tertiary/aromatic N) is 3. The normalized spacial score (nSPS) is 18.9. The van der Waals surface area contributed by atoms with Crippen molar-refractivity contribution < 1.29 is 14.1 Å². The SMILES string of the molecule is Cc1ccc(-c2noc(CN3CCCC(C(=O)Nc4ccccc4C(=O)NC4CCCCC4)C3)n2)cc1. The molecular weight excluding hydrogens is 466 g/mol. The van der Waals surface area contributed by atoms with Gasteiger partial charge in [-0.05, 0) is 51.3 Å². The minimum atomic E-state index is -0.178. The van der Waals surface area contributed by atoms with Crippen LogP contribution in [-0.4, -0.2) is 46.0 Å². The van der Waals surface area contributed by atoms with E-state index in [1.165, 1.54) is 12.0 Å². The minimum absolute atomic E-state index is 0.0616. The lowest BCUT2D eigenvalue weighted by Gasteiger charge is -2.31. The first kappa shape index (κ1) is 25.1. The zero-order valence-electron chi connectivity index (χ0n) is 21.4. The van der Waals surface area contributed by atoms with Gasteiger partial charge in [0.25, 0.3) is 5.91 Å². The van der Waals surface area contributed by atoms with Crippen LogP contribution in [0.4, 0.5) is 5.69 Å². The van der Waals surface area contributed by atoms with E-state index in [-0.39, 0.29) is 23.8 Å². The number of aryl methyl sites for hydroxylation is 1. The highest BCUT2D eigenvalue weighted by molar-refractivity contribution is 6.04. The number of anilines is 1. The van der Waals surface area contributed by atoms with Crippen LogP contribution >= 0.6 is 0 Å². The molecule has 8 heteroatoms. The number of piperidine rings is 1. The Morgan fingerprint density at radius 1 is 1.00 bits per heavy atom. The number of carbonyl (C=O) groups excluding carboxylic acids is 2. The summed E-state index contributed by atoms with van der Waals surface area (Å²) >= 11 is 0. The van der Waals surface area contributed by atoms with Crippen molar-refractivity contribution in [2.75, 3.05) is 18.4 Å². The average molecular weight is 502 g/mol. The molecule has 2 N–H and O–H groups in total. The van der Waals surface area contributed by atoms with Crippen molar-refractivity contribution in [3.63, 3.8) is 0 Å². The van der Waals surface area contributed by atoms with Crippen molar-refractivity contribution in [3.8, 4) is 11.4 Å². The second-order valence-corrected chi connectivity index (χ2v) is 10.3. The second kappa shape index (κ2) is 11.7. The van der Waals surface area contributed by atoms with Crippen LogP contribution in [0.25, 0.3) is 11.4 Å². The highest BCUT2D eigenvalue weighted by atomic mass is 16.5. The van der Waals surface area contributed by atoms with E-state index in [4.69, 9.17) is 4.52 Å². The van der Waals surface area contributed by atoms with Crippen LogP contribution in [0, 0.1) is 12.8 Å². The molecule has 2 fully saturated rings. The summed E-state index contributed by atoms with van der Waals surface area (Å²) in [6, 6.07) is 15.5. The number of nitrogens with one attached hydrogen (secondary N) is 2. The minimum Gasteiger partial charge on any atom is -0.349 e. The van der Waals surface area contributed by atoms with E-state index in [1.54, 1.807) is 12.1 Å². The maximum atomic E-state index is 13.2. The number of aromatic nitrogens is 2. The summed E-state index contributed by atoms with van der Waals surface area (Å²) in [6.45, 7) is 4.01. The van der Waals surface area contributed by atoms with Crippen molar-refractivity contribution in [2.45, 2.75) is 64.5 Å². The molecule has 1 unspecified atom stereocenters. The van der Waals surface area contributed by atoms with Gasteiger partial charge in [0.05, 0.1) is 23.7 Å². The van der Waals surface area contributed by atoms with E-state index in [0.717, 1.165) is 50.6 Å². The van der Waals surface area contributed by atoms with Gasteiger partial charge in [0.2, 0.25) is 17.6 Å². The van der Waals surface area contributed by atoms with Gasteiger partial charge < -0.3 is 15.2 Å². The van der Waals surface area contributed by atoms with E-state index in [9.17, 15) is 9.59 Å². The van der Waals surface area contributed by atoms with Crippen molar-refractivity contribution in [2.24, 2.45) is 5.92 Å². The lowest BCUT2D eigenvalue weighted by atomic mass is 9.95. The molecule has 8 nitrogen and oxygen atoms in total. The smallest absolute Gasteiger partial charge is 0.253 e. The molecular formula is C29H35N5O3. The number of amides is 2. The van der Waals surface area contributed by atoms with Gasteiger partial charge in [-0.25, -0.2) is 0 Å². The Morgan fingerprint density at radius 2 is 1.78 bits per heavy atom. The van der Waals surface area contributed by atoms with Gasteiger partial charge in [-0.3, -0.25) is 14.5 Å². The van der Waals surface area contributed by atoms with E-state index >= 15 is 0 Å². The van der Waals surface area contributed by atoms with Crippen molar-refractivity contribution in [1.82, 2.24) is 20.4 Å². The van der Waals surface area contributed by atoms with Crippen LogP contribution in [0.3, 0.4) is 0 Å². The number of hydrogen-bond acceptors (Lipinski definition) is 6. The molecule has 1 saturated heterocycles. The predicted molar refractivity (Wildman–Crippen MR) is 142 cm³/mol. The van der Waals surface area contributed by atoms with Gasteiger partial charge in [0.1, 0.15) is 0 Å². The van der Waals surface area contributed by atoms with Crippen molar-refractivity contribution in [1.29, 1.82) is 0 Å². The molecule has 37 heavy (non-hydrogen) atoms. The molecule has 5 rings (SSSR count). The molecule has 1 aliphatic heterocycles. The Labute approximate surface area is 217 Å². The van der Waals surface area contributed by atoms with Gasteiger partial charge in [-0.1, -0.05) is 66.4 Å². The van der Waals surface area contributed by atoms with E-state index in [1.807, 2.05) is 43.3 Å². The molecule has 2 aromatic carbocycles. The van der Waals surface area contributed by atoms with Gasteiger partial charge >= 0.3 is 0 Å². The molecule has 2 heterocycles. The first-order chi connectivity index (χ1) is 18.0. The Balaban J connectivity index is 1.19. The van der Waals surface area contributed by atoms with Crippen LogP contribution in [0.1, 0.15) is 66.8 Å². The summed E-state index contributed by atoms with van der Waals surface area (Å²) < 4.78 is 5.50. The summed E-state index contributed by atoms with van der Waals surface area (Å²) in [6.07, 6.45) is 7.28. The van der Waals surface area contributed by atoms with Crippen molar-refractivity contribution >= 4 is 17.5 Å². The Morgan fingerprint density at radius 3 is 2.59 bits per heavy atom. The molecule has 1 atom stereocenters. The molecule has 0 spiro atoms. The molecule has 3 aromatic rings. The third-order valence-corrected chi connectivity index (χ3v) is 7.38. The third kappa shape index (κ3) is 6.43. The Hall–Kier alpha value is -3.52. The number of hydrogen-bond donors (Lipinski definition) is 2. The third-order valence-electron chi connectivity index (χ3n) is 7.38. The standard InChI is InChI=1S/C29H35N5O3/c1-20-13-15-21(16-14-20)27-32-26(37-33-27)19-34-17-7-8-22(18-34)28(35)31-25-12-6-5-11-24(25)29(36)30-23-9-3-2-4-10-23/h5-6,11-16,22-23H,2-4,7-10,17-19H2,1H3,(H,30,36)(H,31,35). The average Bonchev–Trinajstić information content (AvgIpc) is 3.38. The quantitative estimate of drug-likeness (QED) is 0.475. The van der Waals surface area contributed by atoms with Crippen molar-refractivity contribution in [3.05, 3.63) is 65.5 Å². The fourth-order valence-corrected chi connectivity index (χ4v) is 5.28. The summed E-state index contributed by atoms with van der Waals surface area (Å²) in [5.74, 6) is 0.760. The van der Waals surface area contributed by atoms with Gasteiger partial charge in [-0.15, -0.1) is 0 Å². The maximum Gasteiger partial charge on any atom is 0.253 e. The maximum absolute atomic E-state index is 13.2. The summed E-state index contributed by atoms with van der Waals surface area (Å²) in [7, 11) is 0. The number of rotatable bonds is 7. The molecule has 0 radical (unpaired) electrons. The lowest BCUT2D eigenvalue weighted by Crippen LogP contribution is -2.40. The number of carbonyl (C=O) groups is 2. The first-order valence-electron chi connectivity index (χ1n) is 13.4. The molecule has 1 aliphatic carbocycles. The van der Waals surface area contributed by atoms with Crippen LogP contribution in [0.5, 0.6) is 0 Å². The molecule has 1 aromatic heterocycles. The van der Waals surface area contributed by atoms with Gasteiger partial charge in [-0.2, -0.15) is 4.98 Å². The van der Waals surface area contributed by atoms with Crippen LogP contribution < -0.4 is 10.6 Å². The monoisotopic (exact) mass is 501 g/mol. The van der Waals surface area contributed by atoms with Crippen LogP contribution in [-0.2, 0) is 11.3 Å². The summed E-state index contributed by atoms with van der Waals surface area (Å²) in [5, 5.41) is 10.3. The largest absolute Gasteiger partial charge is 0.349 e. The van der Waals surface area contributed by atoms with Crippen LogP contribution in [0.2, 0.25) is 0 Å². The van der Waals surface area contributed by atoms with E-state index < -0.39 is 0 Å². The van der Waals surface area contributed by atoms with Gasteiger partial charge in [0, 0.05) is 18.2 Å². The molecule has 0 bridgehead atoms. The van der Waals surface area contributed by atoms with Gasteiger partial charge in [0.15, 0.2) is 0 Å². The van der Waals surface area contributed by atoms with E-state index in [0.29, 0.717) is 36.1 Å². The second-order valence-electron chi connectivity index (χ2n) is 10.3. The summed E-state index contributed by atoms with van der Waals surface area (Å²) in [5.41, 5.74) is 3.18. The Kier molecular flexibility index (Phi) is 7.94. The van der Waals surface area contributed by atoms with Crippen LogP contribution in [0.15, 0.2) is 53.1 Å². The molecule has 2 amide bonds. The molecule has 2 aliphatic rings. The zero-order valence-corrected chi connectivity index (χ0v) is 21.4. The highest BCUT2D eigenvalue weighted by Gasteiger charge is 2.28. The fourth-order valence-electron chi connectivity index (χ4n) is 5.28. The molecule has 194 valence electrons. The highest BCUT2D eigenvalue weighted by Crippen LogP contribution is 2.24. The van der Waals surface area contributed by atoms with E-state index in [2.05, 4.69) is 25.7 Å². The fraction of sp³-hybridized carbons (Fsp3) is 0.448. The number of benzene rings is 2. The Bertz CT molecular complexity index is 1220. The first-order valence-corrected chi connectivity index (χ1v) is 13.4. The molecule has 1 saturated carbocycles. The predicted octanol–water partition coefficient (Wildman–Crippen LogP) is 4.96. The zero-order chi connectivity index (χ0) is 25.6.